The van der Waals surface area contributed by atoms with Crippen molar-refractivity contribution in [2.24, 2.45) is 0 Å². The average molecular weight is 271 g/mol. The summed E-state index contributed by atoms with van der Waals surface area (Å²) in [5.74, 6) is 1.69. The Morgan fingerprint density at radius 1 is 1.21 bits per heavy atom. The van der Waals surface area contributed by atoms with Gasteiger partial charge < -0.3 is 9.15 Å². The molecule has 1 aromatic carbocycles. The van der Waals surface area contributed by atoms with E-state index in [1.54, 1.807) is 24.7 Å². The molecule has 0 aliphatic heterocycles. The zero-order valence-corrected chi connectivity index (χ0v) is 11.3. The van der Waals surface area contributed by atoms with Crippen molar-refractivity contribution >= 4 is 11.3 Å². The van der Waals surface area contributed by atoms with E-state index in [2.05, 4.69) is 17.1 Å². The van der Waals surface area contributed by atoms with Crippen LogP contribution in [-0.2, 0) is 6.42 Å². The third-order valence-corrected chi connectivity index (χ3v) is 3.69. The Kier molecular flexibility index (Phi) is 3.33. The minimum absolute atomic E-state index is 0.817. The molecule has 2 aromatic heterocycles. The van der Waals surface area contributed by atoms with Gasteiger partial charge in [0, 0.05) is 11.8 Å². The van der Waals surface area contributed by atoms with E-state index in [9.17, 15) is 0 Å². The summed E-state index contributed by atoms with van der Waals surface area (Å²) >= 11 is 1.65. The fraction of sp³-hybridized carbons (Fsp3) is 0.133. The molecule has 3 nitrogen and oxygen atoms in total. The number of methoxy groups -OCH3 is 1. The molecule has 0 unspecified atom stereocenters. The van der Waals surface area contributed by atoms with Crippen molar-refractivity contribution in [1.29, 1.82) is 0 Å². The lowest BCUT2D eigenvalue weighted by molar-refractivity contribution is 0.414. The van der Waals surface area contributed by atoms with Crippen LogP contribution < -0.4 is 4.74 Å². The van der Waals surface area contributed by atoms with Crippen LogP contribution in [-0.4, -0.2) is 12.1 Å². The van der Waals surface area contributed by atoms with Gasteiger partial charge in [0.15, 0.2) is 5.76 Å². The predicted molar refractivity (Wildman–Crippen MR) is 75.6 cm³/mol. The van der Waals surface area contributed by atoms with E-state index in [0.29, 0.717) is 0 Å². The molecular weight excluding hydrogens is 258 g/mol. The third-order valence-electron chi connectivity index (χ3n) is 2.84. The van der Waals surface area contributed by atoms with Gasteiger partial charge in [-0.1, -0.05) is 12.1 Å². The van der Waals surface area contributed by atoms with E-state index in [0.717, 1.165) is 28.6 Å². The molecule has 0 N–H and O–H groups in total. The molecule has 0 saturated carbocycles. The van der Waals surface area contributed by atoms with Gasteiger partial charge in [0.05, 0.1) is 18.4 Å². The lowest BCUT2D eigenvalue weighted by Gasteiger charge is -2.01. The molecule has 3 aromatic rings. The van der Waals surface area contributed by atoms with Gasteiger partial charge in [-0.15, -0.1) is 11.3 Å². The van der Waals surface area contributed by atoms with E-state index in [1.807, 2.05) is 29.6 Å². The molecule has 96 valence electrons. The van der Waals surface area contributed by atoms with Crippen LogP contribution in [0.4, 0.5) is 0 Å². The summed E-state index contributed by atoms with van der Waals surface area (Å²) in [5.41, 5.74) is 2.12. The summed E-state index contributed by atoms with van der Waals surface area (Å²) in [5, 5.41) is 3.11. The number of rotatable bonds is 4. The van der Waals surface area contributed by atoms with Gasteiger partial charge in [-0.25, -0.2) is 4.98 Å². The molecule has 0 aliphatic rings. The van der Waals surface area contributed by atoms with Crippen molar-refractivity contribution in [3.8, 4) is 17.2 Å². The summed E-state index contributed by atoms with van der Waals surface area (Å²) in [6.45, 7) is 0. The maximum Gasteiger partial charge on any atom is 0.153 e. The normalized spacial score (nSPS) is 10.6. The Morgan fingerprint density at radius 3 is 2.74 bits per heavy atom. The first kappa shape index (κ1) is 12.0. The minimum atomic E-state index is 0.817. The SMILES string of the molecule is COc1ccc(Cc2nc(-c3ccco3)cs2)cc1. The summed E-state index contributed by atoms with van der Waals surface area (Å²) in [6.07, 6.45) is 2.49. The Labute approximate surface area is 115 Å². The maximum absolute atomic E-state index is 5.34. The van der Waals surface area contributed by atoms with Gasteiger partial charge in [0.25, 0.3) is 0 Å². The molecular formula is C15H13NO2S. The Hall–Kier alpha value is -2.07. The number of ether oxygens (including phenoxy) is 1. The van der Waals surface area contributed by atoms with Crippen LogP contribution in [0.5, 0.6) is 5.75 Å². The summed E-state index contributed by atoms with van der Waals surface area (Å²) in [4.78, 5) is 4.58. The molecule has 0 amide bonds. The topological polar surface area (TPSA) is 35.3 Å². The maximum atomic E-state index is 5.34. The molecule has 0 spiro atoms. The van der Waals surface area contributed by atoms with Gasteiger partial charge in [-0.05, 0) is 29.8 Å². The molecule has 0 atom stereocenters. The van der Waals surface area contributed by atoms with Crippen LogP contribution in [0.2, 0.25) is 0 Å². The third kappa shape index (κ3) is 2.69. The number of nitrogens with zero attached hydrogens (tertiary/aromatic N) is 1. The first-order chi connectivity index (χ1) is 9.35. The van der Waals surface area contributed by atoms with Gasteiger partial charge in [-0.3, -0.25) is 0 Å². The van der Waals surface area contributed by atoms with E-state index in [-0.39, 0.29) is 0 Å². The van der Waals surface area contributed by atoms with Crippen LogP contribution in [0.1, 0.15) is 10.6 Å². The summed E-state index contributed by atoms with van der Waals surface area (Å²) in [7, 11) is 1.67. The minimum Gasteiger partial charge on any atom is -0.497 e. The van der Waals surface area contributed by atoms with Gasteiger partial charge in [-0.2, -0.15) is 0 Å². The number of aromatic nitrogens is 1. The highest BCUT2D eigenvalue weighted by molar-refractivity contribution is 7.10. The second-order valence-corrected chi connectivity index (χ2v) is 5.07. The molecule has 2 heterocycles. The molecule has 0 saturated heterocycles. The van der Waals surface area contributed by atoms with Crippen molar-refractivity contribution in [3.05, 3.63) is 58.6 Å². The summed E-state index contributed by atoms with van der Waals surface area (Å²) in [6, 6.07) is 11.9. The number of hydrogen-bond donors (Lipinski definition) is 0. The largest absolute Gasteiger partial charge is 0.497 e. The highest BCUT2D eigenvalue weighted by atomic mass is 32.1. The Balaban J connectivity index is 1.76. The quantitative estimate of drug-likeness (QED) is 0.719. The standard InChI is InChI=1S/C15H13NO2S/c1-17-12-6-4-11(5-7-12)9-15-16-13(10-19-15)14-3-2-8-18-14/h2-8,10H,9H2,1H3. The molecule has 19 heavy (non-hydrogen) atoms. The fourth-order valence-electron chi connectivity index (χ4n) is 1.85. The molecule has 0 bridgehead atoms. The van der Waals surface area contributed by atoms with E-state index >= 15 is 0 Å². The van der Waals surface area contributed by atoms with Crippen LogP contribution >= 0.6 is 11.3 Å². The van der Waals surface area contributed by atoms with Crippen molar-refractivity contribution < 1.29 is 9.15 Å². The zero-order chi connectivity index (χ0) is 13.1. The number of benzene rings is 1. The van der Waals surface area contributed by atoms with Crippen molar-refractivity contribution in [1.82, 2.24) is 4.98 Å². The first-order valence-corrected chi connectivity index (χ1v) is 6.84. The zero-order valence-electron chi connectivity index (χ0n) is 10.5. The smallest absolute Gasteiger partial charge is 0.153 e. The fourth-order valence-corrected chi connectivity index (χ4v) is 2.67. The number of hydrogen-bond acceptors (Lipinski definition) is 4. The number of furan rings is 1. The highest BCUT2D eigenvalue weighted by Gasteiger charge is 2.07. The van der Waals surface area contributed by atoms with Gasteiger partial charge in [0.1, 0.15) is 11.4 Å². The van der Waals surface area contributed by atoms with E-state index in [1.165, 1.54) is 5.56 Å². The van der Waals surface area contributed by atoms with Crippen molar-refractivity contribution in [3.63, 3.8) is 0 Å². The first-order valence-electron chi connectivity index (χ1n) is 5.96. The molecule has 0 fully saturated rings. The predicted octanol–water partition coefficient (Wildman–Crippen LogP) is 4.00. The monoisotopic (exact) mass is 271 g/mol. The van der Waals surface area contributed by atoms with Crippen LogP contribution in [0.25, 0.3) is 11.5 Å². The number of thiazole rings is 1. The highest BCUT2D eigenvalue weighted by Crippen LogP contribution is 2.24. The molecule has 0 aliphatic carbocycles. The Bertz CT molecular complexity index is 641. The van der Waals surface area contributed by atoms with E-state index in [4.69, 9.17) is 9.15 Å². The van der Waals surface area contributed by atoms with Gasteiger partial charge >= 0.3 is 0 Å². The second kappa shape index (κ2) is 5.28. The lowest BCUT2D eigenvalue weighted by atomic mass is 10.1. The van der Waals surface area contributed by atoms with Crippen molar-refractivity contribution in [2.75, 3.05) is 7.11 Å². The van der Waals surface area contributed by atoms with Crippen molar-refractivity contribution in [2.45, 2.75) is 6.42 Å². The summed E-state index contributed by atoms with van der Waals surface area (Å²) < 4.78 is 10.5. The van der Waals surface area contributed by atoms with Gasteiger partial charge in [0.2, 0.25) is 0 Å². The molecule has 3 rings (SSSR count). The Morgan fingerprint density at radius 2 is 2.05 bits per heavy atom. The van der Waals surface area contributed by atoms with Crippen LogP contribution in [0, 0.1) is 0 Å². The average Bonchev–Trinajstić information content (AvgIpc) is 3.10. The van der Waals surface area contributed by atoms with Crippen LogP contribution in [0.15, 0.2) is 52.5 Å². The van der Waals surface area contributed by atoms with Crippen LogP contribution in [0.3, 0.4) is 0 Å². The molecule has 0 radical (unpaired) electrons. The molecule has 4 heteroatoms. The van der Waals surface area contributed by atoms with E-state index < -0.39 is 0 Å². The second-order valence-electron chi connectivity index (χ2n) is 4.13. The lowest BCUT2D eigenvalue weighted by Crippen LogP contribution is -1.88.